The van der Waals surface area contributed by atoms with E-state index >= 15 is 0 Å². The van der Waals surface area contributed by atoms with E-state index in [-0.39, 0.29) is 6.10 Å². The molecule has 0 spiro atoms. The highest BCUT2D eigenvalue weighted by molar-refractivity contribution is 7.99. The van der Waals surface area contributed by atoms with Gasteiger partial charge >= 0.3 is 0 Å². The van der Waals surface area contributed by atoms with Crippen LogP contribution in [0.3, 0.4) is 0 Å². The van der Waals surface area contributed by atoms with E-state index < -0.39 is 0 Å². The van der Waals surface area contributed by atoms with Crippen molar-refractivity contribution in [3.63, 3.8) is 0 Å². The third-order valence-corrected chi connectivity index (χ3v) is 6.23. The van der Waals surface area contributed by atoms with E-state index in [2.05, 4.69) is 0 Å². The number of thioether (sulfide) groups is 1. The molecule has 134 valence electrons. The molecule has 0 amide bonds. The summed E-state index contributed by atoms with van der Waals surface area (Å²) < 4.78 is 17.1. The van der Waals surface area contributed by atoms with Gasteiger partial charge in [0, 0.05) is 24.7 Å². The average Bonchev–Trinajstić information content (AvgIpc) is 3.32. The van der Waals surface area contributed by atoms with Gasteiger partial charge in [-0.25, -0.2) is 0 Å². The van der Waals surface area contributed by atoms with Crippen LogP contribution in [0, 0.1) is 11.8 Å². The van der Waals surface area contributed by atoms with E-state index in [1.807, 2.05) is 11.8 Å². The van der Waals surface area contributed by atoms with Gasteiger partial charge in [-0.15, -0.1) is 0 Å². The van der Waals surface area contributed by atoms with Crippen molar-refractivity contribution in [3.05, 3.63) is 0 Å². The molecule has 0 aromatic heterocycles. The first-order valence-electron chi connectivity index (χ1n) is 9.38. The van der Waals surface area contributed by atoms with E-state index in [1.54, 1.807) is 0 Å². The van der Waals surface area contributed by atoms with Gasteiger partial charge in [0.05, 0.1) is 31.5 Å². The lowest BCUT2D eigenvalue weighted by atomic mass is 9.88. The molecule has 0 aromatic carbocycles. The molecule has 0 bridgehead atoms. The van der Waals surface area contributed by atoms with Crippen LogP contribution in [0.25, 0.3) is 0 Å². The molecule has 4 nitrogen and oxygen atoms in total. The Kier molecular flexibility index (Phi) is 7.52. The van der Waals surface area contributed by atoms with Crippen molar-refractivity contribution in [3.8, 4) is 0 Å². The molecule has 1 heterocycles. The zero-order valence-corrected chi connectivity index (χ0v) is 15.0. The number of aliphatic hydroxyl groups is 1. The fourth-order valence-electron chi connectivity index (χ4n) is 3.89. The summed E-state index contributed by atoms with van der Waals surface area (Å²) in [4.78, 5) is 0. The minimum Gasteiger partial charge on any atom is -0.393 e. The van der Waals surface area contributed by atoms with Crippen LogP contribution in [-0.4, -0.2) is 61.4 Å². The molecule has 1 aliphatic heterocycles. The van der Waals surface area contributed by atoms with Crippen molar-refractivity contribution in [2.45, 2.75) is 63.3 Å². The van der Waals surface area contributed by atoms with Crippen molar-refractivity contribution >= 4 is 11.8 Å². The quantitative estimate of drug-likeness (QED) is 0.488. The number of hydrogen-bond acceptors (Lipinski definition) is 5. The van der Waals surface area contributed by atoms with Gasteiger partial charge in [0.15, 0.2) is 0 Å². The topological polar surface area (TPSA) is 51.2 Å². The van der Waals surface area contributed by atoms with Gasteiger partial charge in [0.1, 0.15) is 0 Å². The fourth-order valence-corrected chi connectivity index (χ4v) is 4.57. The van der Waals surface area contributed by atoms with Gasteiger partial charge in [-0.1, -0.05) is 6.42 Å². The van der Waals surface area contributed by atoms with Gasteiger partial charge in [-0.05, 0) is 50.4 Å². The average molecular weight is 345 g/mol. The van der Waals surface area contributed by atoms with Crippen LogP contribution in [-0.2, 0) is 14.2 Å². The maximum atomic E-state index is 9.63. The summed E-state index contributed by atoms with van der Waals surface area (Å²) in [5.41, 5.74) is 0. The van der Waals surface area contributed by atoms with E-state index in [0.29, 0.717) is 18.1 Å². The number of aliphatic hydroxyl groups excluding tert-OH is 1. The smallest absolute Gasteiger partial charge is 0.0845 e. The Labute approximate surface area is 144 Å². The van der Waals surface area contributed by atoms with Gasteiger partial charge < -0.3 is 19.3 Å². The maximum absolute atomic E-state index is 9.63. The van der Waals surface area contributed by atoms with E-state index in [9.17, 15) is 5.11 Å². The molecule has 0 aromatic rings. The minimum atomic E-state index is -0.0922. The second-order valence-electron chi connectivity index (χ2n) is 7.34. The van der Waals surface area contributed by atoms with Crippen molar-refractivity contribution < 1.29 is 19.3 Å². The molecule has 23 heavy (non-hydrogen) atoms. The summed E-state index contributed by atoms with van der Waals surface area (Å²) in [6.45, 7) is 3.40. The second-order valence-corrected chi connectivity index (χ2v) is 8.57. The highest BCUT2D eigenvalue weighted by atomic mass is 32.2. The molecular weight excluding hydrogens is 312 g/mol. The summed E-state index contributed by atoms with van der Waals surface area (Å²) in [5.74, 6) is 3.39. The van der Waals surface area contributed by atoms with Crippen molar-refractivity contribution in [2.24, 2.45) is 11.8 Å². The third-order valence-electron chi connectivity index (χ3n) is 5.32. The molecule has 2 saturated carbocycles. The summed E-state index contributed by atoms with van der Waals surface area (Å²) >= 11 is 1.91. The standard InChI is InChI=1S/C18H32O4S/c19-16-3-1-2-14(10-16)12-20-6-8-23-9-7-21-13-15-4-5-17-18(11-15)22-17/h14-19H,1-13H2. The molecule has 5 unspecified atom stereocenters. The molecular formula is C18H32O4S. The molecule has 2 aliphatic carbocycles. The van der Waals surface area contributed by atoms with E-state index in [4.69, 9.17) is 14.2 Å². The largest absolute Gasteiger partial charge is 0.393 e. The number of ether oxygens (including phenoxy) is 3. The van der Waals surface area contributed by atoms with Crippen LogP contribution in [0.4, 0.5) is 0 Å². The normalized spacial score (nSPS) is 36.7. The zero-order chi connectivity index (χ0) is 15.9. The monoisotopic (exact) mass is 344 g/mol. The maximum Gasteiger partial charge on any atom is 0.0845 e. The first-order chi connectivity index (χ1) is 11.3. The predicted molar refractivity (Wildman–Crippen MR) is 92.9 cm³/mol. The molecule has 1 N–H and O–H groups in total. The Morgan fingerprint density at radius 1 is 0.870 bits per heavy atom. The molecule has 3 rings (SSSR count). The summed E-state index contributed by atoms with van der Waals surface area (Å²) in [6, 6.07) is 0. The Hall–Kier alpha value is 0.190. The SMILES string of the molecule is OC1CCCC(COCCSCCOCC2CCC3OC3C2)C1. The number of hydrogen-bond donors (Lipinski definition) is 1. The first kappa shape index (κ1) is 18.0. The lowest BCUT2D eigenvalue weighted by Gasteiger charge is -2.25. The van der Waals surface area contributed by atoms with Crippen LogP contribution in [0.5, 0.6) is 0 Å². The van der Waals surface area contributed by atoms with Crippen LogP contribution in [0.1, 0.15) is 44.9 Å². The van der Waals surface area contributed by atoms with Crippen LogP contribution >= 0.6 is 11.8 Å². The van der Waals surface area contributed by atoms with E-state index in [0.717, 1.165) is 63.1 Å². The van der Waals surface area contributed by atoms with Crippen molar-refractivity contribution in [1.29, 1.82) is 0 Å². The lowest BCUT2D eigenvalue weighted by Crippen LogP contribution is -2.23. The highest BCUT2D eigenvalue weighted by Gasteiger charge is 2.43. The Bertz CT molecular complexity index is 329. The molecule has 3 fully saturated rings. The number of fused-ring (bicyclic) bond motifs is 1. The molecule has 0 radical (unpaired) electrons. The second kappa shape index (κ2) is 9.62. The van der Waals surface area contributed by atoms with E-state index in [1.165, 1.54) is 25.7 Å². The van der Waals surface area contributed by atoms with Gasteiger partial charge in [-0.3, -0.25) is 0 Å². The molecule has 3 aliphatic rings. The van der Waals surface area contributed by atoms with Crippen LogP contribution < -0.4 is 0 Å². The van der Waals surface area contributed by atoms with Gasteiger partial charge in [0.25, 0.3) is 0 Å². The fraction of sp³-hybridized carbons (Fsp3) is 1.00. The Balaban J connectivity index is 1.08. The molecule has 1 saturated heterocycles. The van der Waals surface area contributed by atoms with Crippen LogP contribution in [0.15, 0.2) is 0 Å². The summed E-state index contributed by atoms with van der Waals surface area (Å²) in [6.07, 6.45) is 9.05. The minimum absolute atomic E-state index is 0.0922. The van der Waals surface area contributed by atoms with Gasteiger partial charge in [0.2, 0.25) is 0 Å². The number of rotatable bonds is 10. The predicted octanol–water partition coefficient (Wildman–Crippen LogP) is 2.87. The van der Waals surface area contributed by atoms with Crippen LogP contribution in [0.2, 0.25) is 0 Å². The van der Waals surface area contributed by atoms with Crippen molar-refractivity contribution in [1.82, 2.24) is 0 Å². The first-order valence-corrected chi connectivity index (χ1v) is 10.5. The Morgan fingerprint density at radius 2 is 1.61 bits per heavy atom. The van der Waals surface area contributed by atoms with Gasteiger partial charge in [-0.2, -0.15) is 11.8 Å². The summed E-state index contributed by atoms with van der Waals surface area (Å²) in [5, 5.41) is 9.63. The third kappa shape index (κ3) is 6.54. The lowest BCUT2D eigenvalue weighted by molar-refractivity contribution is 0.0466. The number of epoxide rings is 1. The molecule has 5 atom stereocenters. The highest BCUT2D eigenvalue weighted by Crippen LogP contribution is 2.39. The summed E-state index contributed by atoms with van der Waals surface area (Å²) in [7, 11) is 0. The zero-order valence-electron chi connectivity index (χ0n) is 14.2. The Morgan fingerprint density at radius 3 is 2.30 bits per heavy atom. The van der Waals surface area contributed by atoms with Crippen molar-refractivity contribution in [2.75, 3.05) is 37.9 Å². The molecule has 5 heteroatoms.